The van der Waals surface area contributed by atoms with Crippen LogP contribution in [0.4, 0.5) is 0 Å². The maximum Gasteiger partial charge on any atom is 0.141 e. The molecule has 0 aromatic carbocycles. The molecule has 0 aliphatic rings. The van der Waals surface area contributed by atoms with E-state index in [1.807, 2.05) is 6.92 Å². The number of nitrogen functional groups attached to an aromatic ring is 1. The number of amidine groups is 1. The lowest BCUT2D eigenvalue weighted by molar-refractivity contribution is 0.340. The average Bonchev–Trinajstić information content (AvgIpc) is 2.05. The second-order valence-corrected chi connectivity index (χ2v) is 2.22. The number of nitrogens with two attached hydrogens (primary N) is 1. The first kappa shape index (κ1) is 11.7. The van der Waals surface area contributed by atoms with E-state index in [0.29, 0.717) is 18.1 Å². The first-order valence-electron chi connectivity index (χ1n) is 3.67. The summed E-state index contributed by atoms with van der Waals surface area (Å²) in [5.74, 6) is 0.647. The van der Waals surface area contributed by atoms with E-state index in [2.05, 4.69) is 4.98 Å². The SMILES string of the molecule is CCOc1ccnc(C(=N)N)c1.Cl. The zero-order valence-corrected chi connectivity index (χ0v) is 8.10. The topological polar surface area (TPSA) is 72.0 Å². The van der Waals surface area contributed by atoms with Gasteiger partial charge in [-0.3, -0.25) is 10.4 Å². The highest BCUT2D eigenvalue weighted by atomic mass is 35.5. The Labute approximate surface area is 83.0 Å². The van der Waals surface area contributed by atoms with Crippen LogP contribution in [0.2, 0.25) is 0 Å². The smallest absolute Gasteiger partial charge is 0.141 e. The number of hydrogen-bond acceptors (Lipinski definition) is 3. The Morgan fingerprint density at radius 1 is 1.69 bits per heavy atom. The molecule has 0 saturated carbocycles. The van der Waals surface area contributed by atoms with Crippen LogP contribution in [-0.4, -0.2) is 17.4 Å². The van der Waals surface area contributed by atoms with E-state index in [9.17, 15) is 0 Å². The summed E-state index contributed by atoms with van der Waals surface area (Å²) >= 11 is 0. The first-order chi connectivity index (χ1) is 5.74. The van der Waals surface area contributed by atoms with Crippen LogP contribution in [0.5, 0.6) is 5.75 Å². The van der Waals surface area contributed by atoms with Crippen molar-refractivity contribution in [1.29, 1.82) is 5.41 Å². The van der Waals surface area contributed by atoms with Crippen LogP contribution in [0.15, 0.2) is 18.3 Å². The van der Waals surface area contributed by atoms with Gasteiger partial charge in [0.2, 0.25) is 0 Å². The van der Waals surface area contributed by atoms with Crippen LogP contribution < -0.4 is 10.5 Å². The summed E-state index contributed by atoms with van der Waals surface area (Å²) in [4.78, 5) is 3.89. The van der Waals surface area contributed by atoms with E-state index >= 15 is 0 Å². The molecule has 13 heavy (non-hydrogen) atoms. The molecule has 5 heteroatoms. The van der Waals surface area contributed by atoms with Gasteiger partial charge >= 0.3 is 0 Å². The molecule has 0 fully saturated rings. The highest BCUT2D eigenvalue weighted by Gasteiger charge is 1.99. The Hall–Kier alpha value is -1.29. The van der Waals surface area contributed by atoms with Gasteiger partial charge in [0.15, 0.2) is 0 Å². The zero-order valence-electron chi connectivity index (χ0n) is 7.28. The summed E-state index contributed by atoms with van der Waals surface area (Å²) in [5, 5.41) is 7.12. The van der Waals surface area contributed by atoms with Crippen LogP contribution in [0, 0.1) is 5.41 Å². The van der Waals surface area contributed by atoms with Gasteiger partial charge in [-0.25, -0.2) is 0 Å². The van der Waals surface area contributed by atoms with Crippen molar-refractivity contribution in [1.82, 2.24) is 4.98 Å². The van der Waals surface area contributed by atoms with Crippen LogP contribution in [0.25, 0.3) is 0 Å². The van der Waals surface area contributed by atoms with Crippen molar-refractivity contribution in [2.45, 2.75) is 6.92 Å². The Morgan fingerprint density at radius 2 is 2.38 bits per heavy atom. The zero-order chi connectivity index (χ0) is 8.97. The number of ether oxygens (including phenoxy) is 1. The third-order valence-corrected chi connectivity index (χ3v) is 1.32. The van der Waals surface area contributed by atoms with Gasteiger partial charge in [0, 0.05) is 12.3 Å². The predicted octanol–water partition coefficient (Wildman–Crippen LogP) is 1.19. The van der Waals surface area contributed by atoms with Gasteiger partial charge in [-0.1, -0.05) is 0 Å². The van der Waals surface area contributed by atoms with Gasteiger partial charge in [-0.05, 0) is 13.0 Å². The van der Waals surface area contributed by atoms with Gasteiger partial charge in [-0.2, -0.15) is 0 Å². The Kier molecular flexibility index (Phi) is 4.84. The molecule has 0 atom stereocenters. The minimum absolute atomic E-state index is 0. The molecule has 0 saturated heterocycles. The summed E-state index contributed by atoms with van der Waals surface area (Å²) in [7, 11) is 0. The molecule has 0 radical (unpaired) electrons. The molecule has 1 rings (SSSR count). The minimum Gasteiger partial charge on any atom is -0.494 e. The Morgan fingerprint density at radius 3 is 2.92 bits per heavy atom. The molecule has 0 unspecified atom stereocenters. The number of aromatic nitrogens is 1. The largest absolute Gasteiger partial charge is 0.494 e. The van der Waals surface area contributed by atoms with Gasteiger partial charge in [-0.15, -0.1) is 12.4 Å². The summed E-state index contributed by atoms with van der Waals surface area (Å²) in [6.45, 7) is 2.50. The van der Waals surface area contributed by atoms with Crippen molar-refractivity contribution in [2.75, 3.05) is 6.61 Å². The molecule has 4 nitrogen and oxygen atoms in total. The van der Waals surface area contributed by atoms with Crippen molar-refractivity contribution in [3.8, 4) is 5.75 Å². The van der Waals surface area contributed by atoms with E-state index in [1.165, 1.54) is 0 Å². The van der Waals surface area contributed by atoms with Gasteiger partial charge < -0.3 is 10.5 Å². The van der Waals surface area contributed by atoms with Crippen molar-refractivity contribution < 1.29 is 4.74 Å². The summed E-state index contributed by atoms with van der Waals surface area (Å²) in [5.41, 5.74) is 5.69. The van der Waals surface area contributed by atoms with E-state index in [0.717, 1.165) is 0 Å². The molecule has 0 aliphatic heterocycles. The van der Waals surface area contributed by atoms with Gasteiger partial charge in [0.25, 0.3) is 0 Å². The lowest BCUT2D eigenvalue weighted by atomic mass is 10.3. The Bertz CT molecular complexity index is 290. The monoisotopic (exact) mass is 201 g/mol. The Balaban J connectivity index is 0.00000144. The van der Waals surface area contributed by atoms with Gasteiger partial charge in [0.1, 0.15) is 17.3 Å². The molecule has 0 amide bonds. The first-order valence-corrected chi connectivity index (χ1v) is 3.67. The summed E-state index contributed by atoms with van der Waals surface area (Å²) in [6, 6.07) is 3.38. The third-order valence-electron chi connectivity index (χ3n) is 1.32. The molecule has 0 aliphatic carbocycles. The third kappa shape index (κ3) is 3.29. The van der Waals surface area contributed by atoms with Crippen LogP contribution in [0.3, 0.4) is 0 Å². The van der Waals surface area contributed by atoms with E-state index in [4.69, 9.17) is 15.9 Å². The molecule has 1 heterocycles. The van der Waals surface area contributed by atoms with Crippen molar-refractivity contribution in [2.24, 2.45) is 5.73 Å². The maximum absolute atomic E-state index is 7.12. The highest BCUT2D eigenvalue weighted by Crippen LogP contribution is 2.09. The predicted molar refractivity (Wildman–Crippen MR) is 53.7 cm³/mol. The minimum atomic E-state index is -0.0449. The second kappa shape index (κ2) is 5.37. The second-order valence-electron chi connectivity index (χ2n) is 2.22. The van der Waals surface area contributed by atoms with Crippen LogP contribution in [-0.2, 0) is 0 Å². The maximum atomic E-state index is 7.12. The lowest BCUT2D eigenvalue weighted by Crippen LogP contribution is -2.12. The normalized spacial score (nSPS) is 8.69. The van der Waals surface area contributed by atoms with Crippen molar-refractivity contribution >= 4 is 18.2 Å². The van der Waals surface area contributed by atoms with Crippen molar-refractivity contribution in [3.63, 3.8) is 0 Å². The standard InChI is InChI=1S/C8H11N3O.ClH/c1-2-12-6-3-4-11-7(5-6)8(9)10;/h3-5H,2H2,1H3,(H3,9,10);1H. The highest BCUT2D eigenvalue weighted by molar-refractivity contribution is 5.93. The molecular weight excluding hydrogens is 190 g/mol. The molecule has 1 aromatic rings. The molecule has 72 valence electrons. The van der Waals surface area contributed by atoms with E-state index < -0.39 is 0 Å². The van der Waals surface area contributed by atoms with Gasteiger partial charge in [0.05, 0.1) is 6.61 Å². The number of hydrogen-bond donors (Lipinski definition) is 2. The fourth-order valence-electron chi connectivity index (χ4n) is 0.815. The fourth-order valence-corrected chi connectivity index (χ4v) is 0.815. The molecule has 0 bridgehead atoms. The molecule has 1 aromatic heterocycles. The molecule has 3 N–H and O–H groups in total. The van der Waals surface area contributed by atoms with Crippen LogP contribution in [0.1, 0.15) is 12.6 Å². The summed E-state index contributed by atoms with van der Waals surface area (Å²) < 4.78 is 5.20. The molecular formula is C8H12ClN3O. The fraction of sp³-hybridized carbons (Fsp3) is 0.250. The van der Waals surface area contributed by atoms with Crippen molar-refractivity contribution in [3.05, 3.63) is 24.0 Å². The molecule has 0 spiro atoms. The van der Waals surface area contributed by atoms with E-state index in [-0.39, 0.29) is 18.2 Å². The number of rotatable bonds is 3. The van der Waals surface area contributed by atoms with E-state index in [1.54, 1.807) is 18.3 Å². The number of halogens is 1. The number of nitrogens with one attached hydrogen (secondary N) is 1. The lowest BCUT2D eigenvalue weighted by Gasteiger charge is -2.03. The van der Waals surface area contributed by atoms with Crippen LogP contribution >= 0.6 is 12.4 Å². The summed E-state index contributed by atoms with van der Waals surface area (Å²) in [6.07, 6.45) is 1.57. The number of nitrogens with zero attached hydrogens (tertiary/aromatic N) is 1. The number of pyridine rings is 1. The quantitative estimate of drug-likeness (QED) is 0.570. The average molecular weight is 202 g/mol.